The van der Waals surface area contributed by atoms with Crippen molar-refractivity contribution in [2.75, 3.05) is 11.4 Å². The first-order valence-electron chi connectivity index (χ1n) is 15.9. The quantitative estimate of drug-likeness (QED) is 0.0983. The van der Waals surface area contributed by atoms with Gasteiger partial charge in [0.25, 0.3) is 0 Å². The van der Waals surface area contributed by atoms with Crippen molar-refractivity contribution in [3.05, 3.63) is 169 Å². The Balaban J connectivity index is 1.37. The van der Waals surface area contributed by atoms with E-state index >= 15 is 0 Å². The number of benzene rings is 6. The zero-order chi connectivity index (χ0) is 30.8. The largest absolute Gasteiger partial charge is 0.338 e. The van der Waals surface area contributed by atoms with Crippen LogP contribution in [0.5, 0.6) is 0 Å². The highest BCUT2D eigenvalue weighted by Crippen LogP contribution is 2.38. The summed E-state index contributed by atoms with van der Waals surface area (Å²) in [4.78, 5) is 2.43. The lowest BCUT2D eigenvalue weighted by atomic mass is 9.94. The van der Waals surface area contributed by atoms with Crippen molar-refractivity contribution in [2.45, 2.75) is 26.7 Å². The summed E-state index contributed by atoms with van der Waals surface area (Å²) in [5.74, 6) is 0.174. The van der Waals surface area contributed by atoms with Gasteiger partial charge in [-0.05, 0) is 83.4 Å². The summed E-state index contributed by atoms with van der Waals surface area (Å²) in [7, 11) is 0. The Morgan fingerprint density at radius 3 is 2.20 bits per heavy atom. The first kappa shape index (κ1) is 28.4. The number of hydrogen-bond donors (Lipinski definition) is 0. The van der Waals surface area contributed by atoms with Crippen molar-refractivity contribution < 1.29 is 0 Å². The maximum atomic E-state index is 2.43. The van der Waals surface area contributed by atoms with Crippen LogP contribution in [0.4, 0.5) is 5.69 Å². The van der Waals surface area contributed by atoms with E-state index in [4.69, 9.17) is 0 Å². The van der Waals surface area contributed by atoms with Crippen LogP contribution >= 0.6 is 0 Å². The summed E-state index contributed by atoms with van der Waals surface area (Å²) >= 11 is 0. The fourth-order valence-electron chi connectivity index (χ4n) is 6.77. The van der Waals surface area contributed by atoms with Gasteiger partial charge in [0.15, 0.2) is 0 Å². The molecule has 7 aromatic rings. The molecule has 1 aromatic heterocycles. The third kappa shape index (κ3) is 5.23. The number of hydrogen-bond acceptors (Lipinski definition) is 1. The topological polar surface area (TPSA) is 8.17 Å². The van der Waals surface area contributed by atoms with Crippen LogP contribution in [0.3, 0.4) is 0 Å². The van der Waals surface area contributed by atoms with Gasteiger partial charge in [-0.15, -0.1) is 0 Å². The molecule has 0 bridgehead atoms. The first-order chi connectivity index (χ1) is 22.2. The summed E-state index contributed by atoms with van der Waals surface area (Å²) in [6, 6.07) is 46.3. The van der Waals surface area contributed by atoms with Crippen molar-refractivity contribution in [3.63, 3.8) is 0 Å². The van der Waals surface area contributed by atoms with Crippen LogP contribution in [-0.4, -0.2) is 11.1 Å². The van der Waals surface area contributed by atoms with E-state index in [0.29, 0.717) is 0 Å². The van der Waals surface area contributed by atoms with Crippen molar-refractivity contribution in [3.8, 4) is 5.69 Å². The molecule has 1 heterocycles. The molecule has 2 heteroatoms. The third-order valence-corrected chi connectivity index (χ3v) is 8.87. The first-order valence-corrected chi connectivity index (χ1v) is 15.9. The minimum atomic E-state index is 0.174. The van der Waals surface area contributed by atoms with E-state index < -0.39 is 0 Å². The molecule has 0 amide bonds. The molecule has 0 aliphatic heterocycles. The molecule has 6 aromatic carbocycles. The van der Waals surface area contributed by atoms with E-state index in [-0.39, 0.29) is 5.92 Å². The summed E-state index contributed by atoms with van der Waals surface area (Å²) < 4.78 is 2.40. The SMILES string of the molecule is C/C=C\CN(C(/C=C\C)=C/C(C)c1cccc2c1c1ccccc1n2-c1ccccc1)c1ccc2c(ccc3ccccc32)c1. The molecule has 7 rings (SSSR count). The monoisotopic (exact) mass is 582 g/mol. The molecule has 220 valence electrons. The van der Waals surface area contributed by atoms with Crippen molar-refractivity contribution >= 4 is 49.0 Å². The number of nitrogens with zero attached hydrogens (tertiary/aromatic N) is 2. The van der Waals surface area contributed by atoms with E-state index in [1.54, 1.807) is 0 Å². The van der Waals surface area contributed by atoms with Gasteiger partial charge in [0, 0.05) is 40.3 Å². The van der Waals surface area contributed by atoms with E-state index in [9.17, 15) is 0 Å². The molecule has 1 unspecified atom stereocenters. The summed E-state index contributed by atoms with van der Waals surface area (Å²) in [6.07, 6.45) is 11.2. The number of aromatic nitrogens is 1. The third-order valence-electron chi connectivity index (χ3n) is 8.87. The molecule has 0 saturated heterocycles. The maximum Gasteiger partial charge on any atom is 0.0544 e. The van der Waals surface area contributed by atoms with Crippen molar-refractivity contribution in [2.24, 2.45) is 0 Å². The van der Waals surface area contributed by atoms with Gasteiger partial charge in [-0.25, -0.2) is 0 Å². The Morgan fingerprint density at radius 1 is 0.667 bits per heavy atom. The van der Waals surface area contributed by atoms with Gasteiger partial charge < -0.3 is 9.47 Å². The van der Waals surface area contributed by atoms with E-state index in [1.165, 1.54) is 66.0 Å². The molecule has 0 radical (unpaired) electrons. The van der Waals surface area contributed by atoms with Gasteiger partial charge in [0.2, 0.25) is 0 Å². The predicted molar refractivity (Wildman–Crippen MR) is 196 cm³/mol. The second-order valence-electron chi connectivity index (χ2n) is 11.7. The van der Waals surface area contributed by atoms with Gasteiger partial charge in [-0.1, -0.05) is 122 Å². The molecule has 0 spiro atoms. The molecule has 0 aliphatic rings. The number of para-hydroxylation sites is 2. The lowest BCUT2D eigenvalue weighted by Gasteiger charge is -2.27. The molecule has 45 heavy (non-hydrogen) atoms. The van der Waals surface area contributed by atoms with Gasteiger partial charge >= 0.3 is 0 Å². The number of fused-ring (bicyclic) bond motifs is 6. The molecule has 1 atom stereocenters. The smallest absolute Gasteiger partial charge is 0.0544 e. The van der Waals surface area contributed by atoms with Gasteiger partial charge in [0.1, 0.15) is 0 Å². The van der Waals surface area contributed by atoms with Crippen LogP contribution in [0.2, 0.25) is 0 Å². The molecular weight excluding hydrogens is 544 g/mol. The van der Waals surface area contributed by atoms with Crippen molar-refractivity contribution in [1.82, 2.24) is 4.57 Å². The molecule has 0 N–H and O–H groups in total. The standard InChI is InChI=1S/C43H38N2/c1-4-6-28-44(36-26-27-39-33(30-36)25-24-32-16-10-11-19-38(32)39)35(15-5-2)29-31(3)37-21-14-23-42-43(37)40-20-12-13-22-41(40)45(42)34-17-8-7-9-18-34/h4-27,29-31H,28H2,1-3H3/b6-4-,15-5-,35-29+. The summed E-state index contributed by atoms with van der Waals surface area (Å²) in [6.45, 7) is 7.31. The Labute approximate surface area is 265 Å². The minimum absolute atomic E-state index is 0.174. The predicted octanol–water partition coefficient (Wildman–Crippen LogP) is 11.7. The zero-order valence-electron chi connectivity index (χ0n) is 26.2. The van der Waals surface area contributed by atoms with Crippen LogP contribution in [0.1, 0.15) is 32.3 Å². The van der Waals surface area contributed by atoms with Gasteiger partial charge in [-0.2, -0.15) is 0 Å². The Bertz CT molecular complexity index is 2230. The summed E-state index contributed by atoms with van der Waals surface area (Å²) in [5, 5.41) is 7.71. The Morgan fingerprint density at radius 2 is 1.38 bits per heavy atom. The Kier molecular flexibility index (Phi) is 7.80. The van der Waals surface area contributed by atoms with Gasteiger partial charge in [-0.3, -0.25) is 0 Å². The van der Waals surface area contributed by atoms with Crippen LogP contribution in [-0.2, 0) is 0 Å². The molecular formula is C43H38N2. The number of allylic oxidation sites excluding steroid dienone is 4. The lowest BCUT2D eigenvalue weighted by Crippen LogP contribution is -2.22. The van der Waals surface area contributed by atoms with Crippen LogP contribution in [0, 0.1) is 0 Å². The van der Waals surface area contributed by atoms with Crippen molar-refractivity contribution in [1.29, 1.82) is 0 Å². The van der Waals surface area contributed by atoms with Gasteiger partial charge in [0.05, 0.1) is 11.0 Å². The molecule has 2 nitrogen and oxygen atoms in total. The van der Waals surface area contributed by atoms with Crippen LogP contribution in [0.25, 0.3) is 49.0 Å². The van der Waals surface area contributed by atoms with E-state index in [0.717, 1.165) is 6.54 Å². The zero-order valence-corrected chi connectivity index (χ0v) is 26.2. The maximum absolute atomic E-state index is 2.43. The highest BCUT2D eigenvalue weighted by atomic mass is 15.1. The Hall–Kier alpha value is -5.34. The minimum Gasteiger partial charge on any atom is -0.338 e. The fraction of sp³-hybridized carbons (Fsp3) is 0.116. The average molecular weight is 583 g/mol. The lowest BCUT2D eigenvalue weighted by molar-refractivity contribution is 0.939. The second-order valence-corrected chi connectivity index (χ2v) is 11.7. The normalized spacial score (nSPS) is 13.2. The highest BCUT2D eigenvalue weighted by Gasteiger charge is 2.19. The fourth-order valence-corrected chi connectivity index (χ4v) is 6.77. The summed E-state index contributed by atoms with van der Waals surface area (Å²) in [5.41, 5.74) is 7.35. The molecule has 0 saturated carbocycles. The number of anilines is 1. The second kappa shape index (κ2) is 12.3. The molecule has 0 fully saturated rings. The highest BCUT2D eigenvalue weighted by molar-refractivity contribution is 6.11. The molecule has 0 aliphatic carbocycles. The van der Waals surface area contributed by atoms with Crippen LogP contribution < -0.4 is 4.90 Å². The number of rotatable bonds is 8. The van der Waals surface area contributed by atoms with E-state index in [1.807, 2.05) is 0 Å². The van der Waals surface area contributed by atoms with E-state index in [2.05, 4.69) is 188 Å². The average Bonchev–Trinajstić information content (AvgIpc) is 3.43. The van der Waals surface area contributed by atoms with Crippen LogP contribution in [0.15, 0.2) is 163 Å².